The molecule has 0 saturated heterocycles. The molecule has 0 aliphatic heterocycles. The van der Waals surface area contributed by atoms with E-state index in [-0.39, 0.29) is 11.3 Å². The highest BCUT2D eigenvalue weighted by molar-refractivity contribution is 8.00. The number of aromatic nitrogens is 1. The first-order chi connectivity index (χ1) is 9.66. The Balaban J connectivity index is 3.00. The number of hydrogen-bond acceptors (Lipinski definition) is 4. The molecule has 21 heavy (non-hydrogen) atoms. The molecule has 1 rings (SSSR count). The molecule has 1 unspecified atom stereocenters. The number of pyridine rings is 1. The van der Waals surface area contributed by atoms with Gasteiger partial charge in [-0.1, -0.05) is 0 Å². The van der Waals surface area contributed by atoms with Gasteiger partial charge in [0.05, 0.1) is 12.2 Å². The summed E-state index contributed by atoms with van der Waals surface area (Å²) >= 11 is 0.458. The number of carbonyl (C=O) groups is 1. The van der Waals surface area contributed by atoms with Gasteiger partial charge in [-0.2, -0.15) is 13.2 Å². The normalized spacial score (nSPS) is 13.2. The predicted octanol–water partition coefficient (Wildman–Crippen LogP) is 2.22. The van der Waals surface area contributed by atoms with E-state index in [0.717, 1.165) is 0 Å². The van der Waals surface area contributed by atoms with Crippen LogP contribution in [-0.2, 0) is 0 Å². The number of rotatable bonds is 6. The first kappa shape index (κ1) is 17.8. The summed E-state index contributed by atoms with van der Waals surface area (Å²) < 4.78 is 38.5. The average molecular weight is 323 g/mol. The van der Waals surface area contributed by atoms with Gasteiger partial charge in [0.2, 0.25) is 0 Å². The van der Waals surface area contributed by atoms with Crippen LogP contribution in [-0.4, -0.2) is 39.7 Å². The van der Waals surface area contributed by atoms with E-state index in [1.54, 1.807) is 6.92 Å². The van der Waals surface area contributed by atoms with E-state index >= 15 is 0 Å². The molecule has 1 heterocycles. The van der Waals surface area contributed by atoms with Gasteiger partial charge in [0.1, 0.15) is 5.25 Å². The topological polar surface area (TPSA) is 70.2 Å². The summed E-state index contributed by atoms with van der Waals surface area (Å²) in [6, 6.07) is 1.54. The summed E-state index contributed by atoms with van der Waals surface area (Å²) in [5.41, 5.74) is -0.0181. The second kappa shape index (κ2) is 7.13. The molecule has 0 radical (unpaired) electrons. The number of carbonyl (C=O) groups excluding carboxylic acids is 1. The quantitative estimate of drug-likeness (QED) is 0.788. The van der Waals surface area contributed by atoms with Crippen LogP contribution in [0.15, 0.2) is 10.9 Å². The van der Waals surface area contributed by atoms with Gasteiger partial charge < -0.3 is 10.1 Å². The third-order valence-corrected chi connectivity index (χ3v) is 4.04. The molecule has 8 heteroatoms. The molecule has 0 fully saturated rings. The average Bonchev–Trinajstić information content (AvgIpc) is 2.31. The lowest BCUT2D eigenvalue weighted by molar-refractivity contribution is -0.128. The van der Waals surface area contributed by atoms with Gasteiger partial charge in [0, 0.05) is 17.9 Å². The Morgan fingerprint density at radius 2 is 2.05 bits per heavy atom. The highest BCUT2D eigenvalue weighted by Crippen LogP contribution is 2.33. The molecular formula is C13H16F3NO3S. The molecule has 0 aliphatic carbocycles. The first-order valence-corrected chi connectivity index (χ1v) is 7.24. The lowest BCUT2D eigenvalue weighted by atomic mass is 10.0. The van der Waals surface area contributed by atoms with E-state index < -0.39 is 35.8 Å². The maximum absolute atomic E-state index is 12.8. The molecule has 0 amide bonds. The number of thioether (sulfide) groups is 1. The van der Waals surface area contributed by atoms with E-state index in [4.69, 9.17) is 5.11 Å². The zero-order chi connectivity index (χ0) is 16.2. The van der Waals surface area contributed by atoms with Crippen molar-refractivity contribution in [2.45, 2.75) is 31.7 Å². The van der Waals surface area contributed by atoms with Crippen molar-refractivity contribution in [1.82, 2.24) is 4.98 Å². The Bertz CT molecular complexity index is 569. The Hall–Kier alpha value is -1.28. The van der Waals surface area contributed by atoms with Crippen molar-refractivity contribution in [2.24, 2.45) is 0 Å². The predicted molar refractivity (Wildman–Crippen MR) is 74.9 cm³/mol. The smallest absolute Gasteiger partial charge is 0.396 e. The molecule has 1 aromatic rings. The number of aromatic amines is 1. The van der Waals surface area contributed by atoms with E-state index in [1.165, 1.54) is 13.0 Å². The van der Waals surface area contributed by atoms with Gasteiger partial charge in [0.15, 0.2) is 5.78 Å². The summed E-state index contributed by atoms with van der Waals surface area (Å²) in [5.74, 6) is -0.970. The van der Waals surface area contributed by atoms with Crippen molar-refractivity contribution in [1.29, 1.82) is 0 Å². The van der Waals surface area contributed by atoms with E-state index in [9.17, 15) is 22.8 Å². The Morgan fingerprint density at radius 3 is 2.52 bits per heavy atom. The second-order valence-corrected chi connectivity index (χ2v) is 5.90. The van der Waals surface area contributed by atoms with Crippen LogP contribution in [0.5, 0.6) is 0 Å². The molecule has 2 N–H and O–H groups in total. The number of aliphatic hydroxyl groups is 1. The SMILES string of the molecule is Cc1cc(C)c(C(=O)CC(SCCO)C(F)(F)F)c(=O)[nH]1. The van der Waals surface area contributed by atoms with Crippen molar-refractivity contribution in [3.05, 3.63) is 33.2 Å². The summed E-state index contributed by atoms with van der Waals surface area (Å²) in [4.78, 5) is 26.2. The lowest BCUT2D eigenvalue weighted by Crippen LogP contribution is -2.31. The number of aryl methyl sites for hydroxylation is 2. The zero-order valence-electron chi connectivity index (χ0n) is 11.6. The number of alkyl halides is 3. The molecule has 118 valence electrons. The van der Waals surface area contributed by atoms with E-state index in [2.05, 4.69) is 4.98 Å². The molecular weight excluding hydrogens is 307 g/mol. The maximum Gasteiger partial charge on any atom is 0.401 e. The number of halogens is 3. The lowest BCUT2D eigenvalue weighted by Gasteiger charge is -2.19. The van der Waals surface area contributed by atoms with Crippen LogP contribution in [0, 0.1) is 13.8 Å². The van der Waals surface area contributed by atoms with Crippen molar-refractivity contribution in [3.63, 3.8) is 0 Å². The zero-order valence-corrected chi connectivity index (χ0v) is 12.4. The maximum atomic E-state index is 12.8. The summed E-state index contributed by atoms with van der Waals surface area (Å²) in [6.45, 7) is 2.73. The van der Waals surface area contributed by atoms with Crippen molar-refractivity contribution in [3.8, 4) is 0 Å². The number of nitrogens with one attached hydrogen (secondary N) is 1. The monoisotopic (exact) mass is 323 g/mol. The summed E-state index contributed by atoms with van der Waals surface area (Å²) in [7, 11) is 0. The second-order valence-electron chi connectivity index (χ2n) is 4.59. The van der Waals surface area contributed by atoms with Crippen LogP contribution in [0.1, 0.15) is 28.0 Å². The van der Waals surface area contributed by atoms with Gasteiger partial charge in [-0.3, -0.25) is 9.59 Å². The Morgan fingerprint density at radius 1 is 1.43 bits per heavy atom. The highest BCUT2D eigenvalue weighted by atomic mass is 32.2. The third-order valence-electron chi connectivity index (χ3n) is 2.79. The Kier molecular flexibility index (Phi) is 6.03. The Labute approximate surface area is 123 Å². The molecule has 1 aromatic heterocycles. The molecule has 0 aromatic carbocycles. The number of H-pyrrole nitrogens is 1. The van der Waals surface area contributed by atoms with Crippen LogP contribution in [0.3, 0.4) is 0 Å². The molecule has 0 aliphatic rings. The minimum absolute atomic E-state index is 0.124. The van der Waals surface area contributed by atoms with E-state index in [1.807, 2.05) is 0 Å². The van der Waals surface area contributed by atoms with Crippen molar-refractivity contribution >= 4 is 17.5 Å². The van der Waals surface area contributed by atoms with Crippen LogP contribution in [0.25, 0.3) is 0 Å². The van der Waals surface area contributed by atoms with Crippen LogP contribution >= 0.6 is 11.8 Å². The first-order valence-electron chi connectivity index (χ1n) is 6.19. The van der Waals surface area contributed by atoms with Gasteiger partial charge in [-0.25, -0.2) is 0 Å². The fourth-order valence-electron chi connectivity index (χ4n) is 1.93. The number of Topliss-reactive ketones (excluding diaryl/α,β-unsaturated/α-hetero) is 1. The third kappa shape index (κ3) is 4.89. The van der Waals surface area contributed by atoms with E-state index in [0.29, 0.717) is 23.0 Å². The standard InChI is InChI=1S/C13H16F3NO3S/c1-7-5-8(2)17-12(20)11(7)9(19)6-10(13(14,15)16)21-4-3-18/h5,10,18H,3-4,6H2,1-2H3,(H,17,20). The summed E-state index contributed by atoms with van der Waals surface area (Å²) in [5, 5.41) is 6.69. The largest absolute Gasteiger partial charge is 0.401 e. The van der Waals surface area contributed by atoms with Gasteiger partial charge in [0.25, 0.3) is 5.56 Å². The minimum atomic E-state index is -4.57. The molecule has 0 spiro atoms. The number of hydrogen-bond donors (Lipinski definition) is 2. The molecule has 4 nitrogen and oxygen atoms in total. The molecule has 0 saturated carbocycles. The van der Waals surface area contributed by atoms with Gasteiger partial charge in [-0.05, 0) is 25.5 Å². The highest BCUT2D eigenvalue weighted by Gasteiger charge is 2.41. The summed E-state index contributed by atoms with van der Waals surface area (Å²) in [6.07, 6.45) is -5.39. The van der Waals surface area contributed by atoms with Crippen LogP contribution in [0.4, 0.5) is 13.2 Å². The molecule has 0 bridgehead atoms. The van der Waals surface area contributed by atoms with Crippen molar-refractivity contribution in [2.75, 3.05) is 12.4 Å². The molecule has 1 atom stereocenters. The van der Waals surface area contributed by atoms with Gasteiger partial charge in [-0.15, -0.1) is 11.8 Å². The van der Waals surface area contributed by atoms with Crippen LogP contribution < -0.4 is 5.56 Å². The van der Waals surface area contributed by atoms with Crippen molar-refractivity contribution < 1.29 is 23.1 Å². The number of ketones is 1. The van der Waals surface area contributed by atoms with Gasteiger partial charge >= 0.3 is 6.18 Å². The fourth-order valence-corrected chi connectivity index (χ4v) is 2.78. The van der Waals surface area contributed by atoms with Crippen LogP contribution in [0.2, 0.25) is 0 Å². The number of aliphatic hydroxyl groups excluding tert-OH is 1. The fraction of sp³-hybridized carbons (Fsp3) is 0.538. The minimum Gasteiger partial charge on any atom is -0.396 e.